The van der Waals surface area contributed by atoms with Gasteiger partial charge in [-0.15, -0.1) is 23.2 Å². The van der Waals surface area contributed by atoms with Crippen LogP contribution in [-0.2, 0) is 34.0 Å². The van der Waals surface area contributed by atoms with Gasteiger partial charge in [0.05, 0.1) is 20.8 Å². The van der Waals surface area contributed by atoms with Crippen LogP contribution in [0.2, 0.25) is 9.36 Å². The summed E-state index contributed by atoms with van der Waals surface area (Å²) in [4.78, 5) is -1.32. The molecule has 0 radical (unpaired) electrons. The number of halogens is 2. The van der Waals surface area contributed by atoms with Crippen LogP contribution in [0.15, 0.2) is 170 Å². The summed E-state index contributed by atoms with van der Waals surface area (Å²) in [6, 6.07) is 54.6. The van der Waals surface area contributed by atoms with Gasteiger partial charge in [0.25, 0.3) is 0 Å². The van der Waals surface area contributed by atoms with Crippen LogP contribution < -0.4 is 0 Å². The van der Waals surface area contributed by atoms with E-state index < -0.39 is 33.0 Å². The third-order valence-electron chi connectivity index (χ3n) is 16.4. The van der Waals surface area contributed by atoms with Gasteiger partial charge < -0.3 is 19.3 Å². The molecule has 4 nitrogen and oxygen atoms in total. The van der Waals surface area contributed by atoms with E-state index in [1.165, 1.54) is 21.5 Å². The minimum atomic E-state index is -0.726. The number of hydrogen-bond donors (Lipinski definition) is 2. The third kappa shape index (κ3) is 10.9. The maximum atomic E-state index is 12.2. The van der Waals surface area contributed by atoms with Gasteiger partial charge in [0.15, 0.2) is 0 Å². The summed E-state index contributed by atoms with van der Waals surface area (Å²) >= 11 is 15.7. The van der Waals surface area contributed by atoms with Gasteiger partial charge in [0, 0.05) is 43.6 Å². The molecule has 0 spiro atoms. The van der Waals surface area contributed by atoms with E-state index in [2.05, 4.69) is 235 Å². The van der Waals surface area contributed by atoms with E-state index in [4.69, 9.17) is 23.2 Å². The molecule has 0 bridgehead atoms. The Morgan fingerprint density at radius 2 is 0.680 bits per heavy atom. The number of benzene rings is 6. The van der Waals surface area contributed by atoms with Crippen LogP contribution >= 0.6 is 23.2 Å². The second-order valence-corrected chi connectivity index (χ2v) is 31.0. The van der Waals surface area contributed by atoms with Crippen LogP contribution in [0, 0.1) is 21.7 Å². The van der Waals surface area contributed by atoms with Crippen molar-refractivity contribution in [2.75, 3.05) is 0 Å². The molecule has 0 saturated carbocycles. The fourth-order valence-corrected chi connectivity index (χ4v) is 14.5. The van der Waals surface area contributed by atoms with Gasteiger partial charge in [-0.2, -0.15) is 0 Å². The van der Waals surface area contributed by atoms with E-state index in [0.29, 0.717) is 12.8 Å². The molecule has 6 atom stereocenters. The first-order chi connectivity index (χ1) is 35.1. The van der Waals surface area contributed by atoms with Crippen LogP contribution in [0.5, 0.6) is 0 Å². The SMILES string of the molecule is CC(C)(C)CC(C)(C)C1(Cl)C=C(c2ccccc2)C(O)C(C)(n2c3ccccc3c3ccccc32)C1.CC(C)(C)CC(C)(C)C1(Cl)C=C(c2ccccc2)C(O)C(C)(n2c3ccccc3c3ccccc32)C1.[CH3][Hf][CH3]. The number of aliphatic hydroxyl groups excluding tert-OH is 2. The number of aliphatic hydroxyl groups is 2. The first-order valence-electron chi connectivity index (χ1n) is 27.0. The summed E-state index contributed by atoms with van der Waals surface area (Å²) in [6.45, 7) is 27.2. The molecule has 2 aliphatic carbocycles. The van der Waals surface area contributed by atoms with Crippen LogP contribution in [0.25, 0.3) is 54.8 Å². The summed E-state index contributed by atoms with van der Waals surface area (Å²) in [5.41, 5.74) is 6.83. The molecular formula is C68H82Cl2HfN2O2. The molecule has 10 rings (SSSR count). The monoisotopic (exact) mass is 1210 g/mol. The van der Waals surface area contributed by atoms with E-state index in [1.807, 2.05) is 36.4 Å². The molecule has 2 aliphatic rings. The summed E-state index contributed by atoms with van der Waals surface area (Å²) in [5.74, 6) is 0. The van der Waals surface area contributed by atoms with Crippen molar-refractivity contribution in [3.63, 3.8) is 0 Å². The van der Waals surface area contributed by atoms with Gasteiger partial charge in [0.2, 0.25) is 0 Å². The quantitative estimate of drug-likeness (QED) is 0.118. The molecule has 0 saturated heterocycles. The second kappa shape index (κ2) is 21.2. The Bertz CT molecular complexity index is 3030. The molecule has 2 N–H and O–H groups in total. The van der Waals surface area contributed by atoms with E-state index in [9.17, 15) is 10.2 Å². The predicted molar refractivity (Wildman–Crippen MR) is 321 cm³/mol. The Kier molecular flexibility index (Phi) is 16.1. The fourth-order valence-electron chi connectivity index (χ4n) is 13.6. The minimum absolute atomic E-state index is 0.0833. The molecule has 2 heterocycles. The topological polar surface area (TPSA) is 50.3 Å². The number of fused-ring (bicyclic) bond motifs is 6. The summed E-state index contributed by atoms with van der Waals surface area (Å²) in [6.07, 6.45) is 6.05. The molecule has 75 heavy (non-hydrogen) atoms. The molecule has 0 amide bonds. The molecular weight excluding hydrogens is 1130 g/mol. The number of aromatic nitrogens is 2. The van der Waals surface area contributed by atoms with Crippen molar-refractivity contribution in [2.45, 2.75) is 151 Å². The molecule has 2 aromatic heterocycles. The zero-order valence-corrected chi connectivity index (χ0v) is 52.3. The van der Waals surface area contributed by atoms with E-state index in [1.54, 1.807) is 0 Å². The normalized spacial score (nSPS) is 24.5. The summed E-state index contributed by atoms with van der Waals surface area (Å²) < 4.78 is 9.37. The molecule has 0 aliphatic heterocycles. The second-order valence-electron chi connectivity index (χ2n) is 26.0. The van der Waals surface area contributed by atoms with Gasteiger partial charge >= 0.3 is 32.3 Å². The maximum absolute atomic E-state index is 12.2. The first kappa shape index (κ1) is 57.0. The van der Waals surface area contributed by atoms with Crippen molar-refractivity contribution in [3.05, 3.63) is 181 Å². The number of rotatable bonds is 8. The summed E-state index contributed by atoms with van der Waals surface area (Å²) in [5, 5.41) is 29.2. The Hall–Kier alpha value is -4.23. The van der Waals surface area contributed by atoms with Crippen LogP contribution in [0.3, 0.4) is 0 Å². The van der Waals surface area contributed by atoms with E-state index in [0.717, 1.165) is 57.2 Å². The van der Waals surface area contributed by atoms with Gasteiger partial charge in [-0.3, -0.25) is 0 Å². The zero-order chi connectivity index (χ0) is 54.6. The van der Waals surface area contributed by atoms with Crippen molar-refractivity contribution in [3.8, 4) is 0 Å². The van der Waals surface area contributed by atoms with Crippen molar-refractivity contribution in [1.29, 1.82) is 0 Å². The first-order valence-corrected chi connectivity index (χ1v) is 34.9. The fraction of sp³-hybridized carbons (Fsp3) is 0.412. The van der Waals surface area contributed by atoms with Crippen molar-refractivity contribution in [2.24, 2.45) is 21.7 Å². The van der Waals surface area contributed by atoms with Crippen LogP contribution in [-0.4, -0.2) is 41.3 Å². The number of nitrogens with zero attached hydrogens (tertiary/aromatic N) is 2. The average molecular weight is 1210 g/mol. The van der Waals surface area contributed by atoms with Crippen LogP contribution in [0.1, 0.15) is 120 Å². The third-order valence-corrected chi connectivity index (χ3v) is 17.9. The molecule has 0 fully saturated rings. The predicted octanol–water partition coefficient (Wildman–Crippen LogP) is 18.8. The number of para-hydroxylation sites is 4. The number of alkyl halides is 2. The molecule has 6 unspecified atom stereocenters. The molecule has 6 aromatic carbocycles. The Morgan fingerprint density at radius 1 is 0.440 bits per heavy atom. The van der Waals surface area contributed by atoms with Crippen molar-refractivity contribution < 1.29 is 33.1 Å². The van der Waals surface area contributed by atoms with E-state index >= 15 is 0 Å². The number of hydrogen-bond acceptors (Lipinski definition) is 2. The Morgan fingerprint density at radius 3 is 0.933 bits per heavy atom. The van der Waals surface area contributed by atoms with Gasteiger partial charge in [0.1, 0.15) is 12.2 Å². The van der Waals surface area contributed by atoms with Crippen LogP contribution in [0.4, 0.5) is 0 Å². The number of allylic oxidation sites excluding steroid dienone is 2. The molecule has 8 aromatic rings. The molecule has 7 heteroatoms. The van der Waals surface area contributed by atoms with E-state index in [-0.39, 0.29) is 44.6 Å². The van der Waals surface area contributed by atoms with Crippen molar-refractivity contribution in [1.82, 2.24) is 9.13 Å². The van der Waals surface area contributed by atoms with Gasteiger partial charge in [-0.05, 0) is 108 Å². The van der Waals surface area contributed by atoms with Gasteiger partial charge in [-0.1, -0.05) is 215 Å². The molecule has 394 valence electrons. The average Bonchev–Trinajstić information content (AvgIpc) is 3.87. The zero-order valence-electron chi connectivity index (χ0n) is 47.2. The summed E-state index contributed by atoms with van der Waals surface area (Å²) in [7, 11) is 0. The Balaban J connectivity index is 0.000000189. The Labute approximate surface area is 470 Å². The van der Waals surface area contributed by atoms with Crippen molar-refractivity contribution >= 4 is 78.0 Å². The standard InChI is InChI=1S/2C33H38ClNO.2CH3.Hf/c2*1-30(2,3)21-31(4,5)33(34)20-26(23-14-8-7-9-15-23)29(36)32(6,22-33)35-27-18-12-10-16-24(27)25-17-11-13-19-28(25)35;;;/h2*7-20,29,36H,21-22H2,1-6H3;2*1H3;. The van der Waals surface area contributed by atoms with Gasteiger partial charge in [-0.25, -0.2) is 0 Å².